The van der Waals surface area contributed by atoms with Gasteiger partial charge in [0, 0.05) is 0 Å². The molecule has 0 fully saturated rings. The van der Waals surface area contributed by atoms with Gasteiger partial charge in [-0.1, -0.05) is 12.1 Å². The third-order valence-electron chi connectivity index (χ3n) is 2.06. The molecule has 0 aliphatic heterocycles. The van der Waals surface area contributed by atoms with Gasteiger partial charge < -0.3 is 4.74 Å². The molecule has 100 valence electrons. The molecule has 0 N–H and O–H groups in total. The van der Waals surface area contributed by atoms with Crippen molar-refractivity contribution in [3.05, 3.63) is 41.7 Å². The van der Waals surface area contributed by atoms with Crippen LogP contribution < -0.4 is 0 Å². The van der Waals surface area contributed by atoms with E-state index >= 15 is 0 Å². The molecule has 0 aromatic heterocycles. The van der Waals surface area contributed by atoms with Crippen LogP contribution in [-0.4, -0.2) is 13.3 Å². The van der Waals surface area contributed by atoms with E-state index in [1.165, 1.54) is 0 Å². The first-order chi connectivity index (χ1) is 8.16. The van der Waals surface area contributed by atoms with Crippen LogP contribution in [0.25, 0.3) is 5.57 Å². The number of hydrogen-bond acceptors (Lipinski definition) is 1. The molecule has 0 heterocycles. The van der Waals surface area contributed by atoms with Crippen molar-refractivity contribution >= 4 is 5.57 Å². The van der Waals surface area contributed by atoms with Crippen molar-refractivity contribution in [3.63, 3.8) is 0 Å². The zero-order chi connectivity index (χ0) is 14.0. The summed E-state index contributed by atoms with van der Waals surface area (Å²) < 4.78 is 78.7. The summed E-state index contributed by atoms with van der Waals surface area (Å²) in [6.45, 7) is 0. The standard InChI is InChI=1S/C11H8F6O/c1-18-6-9(11(15,16)17)7-2-4-8(5-3-7)10(12,13)14/h2-6H,1H3/b9-6-. The van der Waals surface area contributed by atoms with Crippen LogP contribution >= 0.6 is 0 Å². The van der Waals surface area contributed by atoms with Crippen LogP contribution in [0.2, 0.25) is 0 Å². The predicted octanol–water partition coefficient (Wildman–Crippen LogP) is 4.26. The second kappa shape index (κ2) is 4.91. The zero-order valence-corrected chi connectivity index (χ0v) is 9.06. The maximum absolute atomic E-state index is 12.6. The Labute approximate surface area is 98.7 Å². The summed E-state index contributed by atoms with van der Waals surface area (Å²) in [6, 6.07) is 2.68. The molecule has 0 bridgehead atoms. The number of allylic oxidation sites excluding steroid dienone is 1. The van der Waals surface area contributed by atoms with Gasteiger partial charge >= 0.3 is 12.4 Å². The van der Waals surface area contributed by atoms with E-state index in [1.807, 2.05) is 0 Å². The fourth-order valence-corrected chi connectivity index (χ4v) is 1.26. The minimum Gasteiger partial charge on any atom is -0.504 e. The summed E-state index contributed by atoms with van der Waals surface area (Å²) in [4.78, 5) is 0. The second-order valence-corrected chi connectivity index (χ2v) is 3.34. The summed E-state index contributed by atoms with van der Waals surface area (Å²) >= 11 is 0. The Bertz CT molecular complexity index is 426. The van der Waals surface area contributed by atoms with Crippen molar-refractivity contribution in [2.75, 3.05) is 7.11 Å². The van der Waals surface area contributed by atoms with Crippen LogP contribution in [0, 0.1) is 0 Å². The smallest absolute Gasteiger partial charge is 0.419 e. The van der Waals surface area contributed by atoms with Crippen molar-refractivity contribution in [3.8, 4) is 0 Å². The van der Waals surface area contributed by atoms with E-state index in [0.717, 1.165) is 19.2 Å². The van der Waals surface area contributed by atoms with Gasteiger partial charge in [0.1, 0.15) is 0 Å². The number of benzene rings is 1. The third kappa shape index (κ3) is 3.41. The lowest BCUT2D eigenvalue weighted by molar-refractivity contribution is -0.137. The van der Waals surface area contributed by atoms with E-state index < -0.39 is 29.1 Å². The summed E-state index contributed by atoms with van der Waals surface area (Å²) in [5.41, 5.74) is -2.54. The Balaban J connectivity index is 3.14. The van der Waals surface area contributed by atoms with E-state index in [2.05, 4.69) is 4.74 Å². The lowest BCUT2D eigenvalue weighted by Gasteiger charge is -2.12. The molecule has 0 spiro atoms. The molecule has 0 aliphatic rings. The van der Waals surface area contributed by atoms with Crippen molar-refractivity contribution in [1.82, 2.24) is 0 Å². The van der Waals surface area contributed by atoms with E-state index in [0.29, 0.717) is 18.4 Å². The fraction of sp³-hybridized carbons (Fsp3) is 0.273. The topological polar surface area (TPSA) is 9.23 Å². The molecule has 1 nitrogen and oxygen atoms in total. The normalized spacial score (nSPS) is 13.6. The van der Waals surface area contributed by atoms with Gasteiger partial charge in [-0.3, -0.25) is 0 Å². The molecule has 7 heteroatoms. The maximum Gasteiger partial charge on any atom is 0.419 e. The maximum atomic E-state index is 12.6. The number of hydrogen-bond donors (Lipinski definition) is 0. The van der Waals surface area contributed by atoms with Gasteiger partial charge in [-0.2, -0.15) is 26.3 Å². The number of rotatable bonds is 2. The molecule has 18 heavy (non-hydrogen) atoms. The minimum atomic E-state index is -4.70. The zero-order valence-electron chi connectivity index (χ0n) is 9.06. The Hall–Kier alpha value is -1.66. The Morgan fingerprint density at radius 1 is 1.00 bits per heavy atom. The lowest BCUT2D eigenvalue weighted by atomic mass is 10.0. The molecule has 0 saturated carbocycles. The van der Waals surface area contributed by atoms with E-state index in [4.69, 9.17) is 0 Å². The Morgan fingerprint density at radius 3 is 1.83 bits per heavy atom. The van der Waals surface area contributed by atoms with Crippen LogP contribution in [0.5, 0.6) is 0 Å². The molecule has 1 rings (SSSR count). The van der Waals surface area contributed by atoms with Crippen LogP contribution in [0.4, 0.5) is 26.3 Å². The van der Waals surface area contributed by atoms with Gasteiger partial charge in [-0.05, 0) is 17.7 Å². The summed E-state index contributed by atoms with van der Waals surface area (Å²) in [5.74, 6) is 0. The Kier molecular flexibility index (Phi) is 3.93. The van der Waals surface area contributed by atoms with Gasteiger partial charge in [0.2, 0.25) is 0 Å². The lowest BCUT2D eigenvalue weighted by Crippen LogP contribution is -2.12. The number of ether oxygens (including phenoxy) is 1. The van der Waals surface area contributed by atoms with E-state index in [9.17, 15) is 26.3 Å². The molecule has 1 aromatic carbocycles. The molecule has 0 saturated heterocycles. The second-order valence-electron chi connectivity index (χ2n) is 3.34. The van der Waals surface area contributed by atoms with Crippen LogP contribution in [-0.2, 0) is 10.9 Å². The highest BCUT2D eigenvalue weighted by atomic mass is 19.4. The molecule has 0 radical (unpaired) electrons. The number of halogens is 6. The van der Waals surface area contributed by atoms with E-state index in [-0.39, 0.29) is 0 Å². The van der Waals surface area contributed by atoms with Crippen molar-refractivity contribution in [2.45, 2.75) is 12.4 Å². The Morgan fingerprint density at radius 2 is 1.50 bits per heavy atom. The first kappa shape index (κ1) is 14.4. The monoisotopic (exact) mass is 270 g/mol. The highest BCUT2D eigenvalue weighted by molar-refractivity contribution is 5.68. The molecular formula is C11H8F6O. The molecule has 0 atom stereocenters. The molecule has 1 aromatic rings. The number of alkyl halides is 6. The molecule has 0 unspecified atom stereocenters. The highest BCUT2D eigenvalue weighted by Crippen LogP contribution is 2.35. The minimum absolute atomic E-state index is 0.391. The average molecular weight is 270 g/mol. The SMILES string of the molecule is CO/C=C(/c1ccc(C(F)(F)F)cc1)C(F)(F)F. The molecule has 0 amide bonds. The fourth-order valence-electron chi connectivity index (χ4n) is 1.26. The van der Waals surface area contributed by atoms with Gasteiger partial charge in [0.05, 0.1) is 24.5 Å². The van der Waals surface area contributed by atoms with Crippen molar-refractivity contribution in [2.24, 2.45) is 0 Å². The summed E-state index contributed by atoms with van der Waals surface area (Å²) in [6.07, 6.45) is -8.83. The first-order valence-corrected chi connectivity index (χ1v) is 4.64. The largest absolute Gasteiger partial charge is 0.504 e. The van der Waals surface area contributed by atoms with E-state index in [1.54, 1.807) is 0 Å². The van der Waals surface area contributed by atoms with Gasteiger partial charge in [-0.25, -0.2) is 0 Å². The number of methoxy groups -OCH3 is 1. The van der Waals surface area contributed by atoms with Gasteiger partial charge in [0.15, 0.2) is 0 Å². The quantitative estimate of drug-likeness (QED) is 0.576. The van der Waals surface area contributed by atoms with Crippen molar-refractivity contribution in [1.29, 1.82) is 0 Å². The summed E-state index contributed by atoms with van der Waals surface area (Å²) in [7, 11) is 1.02. The van der Waals surface area contributed by atoms with Crippen LogP contribution in [0.3, 0.4) is 0 Å². The van der Waals surface area contributed by atoms with Crippen molar-refractivity contribution < 1.29 is 31.1 Å². The molecular weight excluding hydrogens is 262 g/mol. The van der Waals surface area contributed by atoms with Gasteiger partial charge in [-0.15, -0.1) is 0 Å². The average Bonchev–Trinajstić information content (AvgIpc) is 2.23. The van der Waals surface area contributed by atoms with Crippen LogP contribution in [0.1, 0.15) is 11.1 Å². The third-order valence-corrected chi connectivity index (χ3v) is 2.06. The first-order valence-electron chi connectivity index (χ1n) is 4.64. The van der Waals surface area contributed by atoms with Crippen LogP contribution in [0.15, 0.2) is 30.5 Å². The predicted molar refractivity (Wildman–Crippen MR) is 52.5 cm³/mol. The summed E-state index contributed by atoms with van der Waals surface area (Å²) in [5, 5.41) is 0. The highest BCUT2D eigenvalue weighted by Gasteiger charge is 2.36. The molecule has 0 aliphatic carbocycles. The van der Waals surface area contributed by atoms with Gasteiger partial charge in [0.25, 0.3) is 0 Å².